The van der Waals surface area contributed by atoms with Gasteiger partial charge in [0.1, 0.15) is 10.6 Å². The minimum Gasteiger partial charge on any atom is -0.495 e. The van der Waals surface area contributed by atoms with Crippen LogP contribution in [-0.2, 0) is 21.2 Å². The topological polar surface area (TPSA) is 136 Å². The van der Waals surface area contributed by atoms with Gasteiger partial charge >= 0.3 is 5.97 Å². The van der Waals surface area contributed by atoms with Crippen LogP contribution in [0.5, 0.6) is 5.75 Å². The molecule has 0 spiro atoms. The average Bonchev–Trinajstić information content (AvgIpc) is 2.55. The number of anilines is 1. The van der Waals surface area contributed by atoms with Crippen molar-refractivity contribution < 1.29 is 27.9 Å². The number of ether oxygens (including phenoxy) is 1. The highest BCUT2D eigenvalue weighted by molar-refractivity contribution is 7.92. The lowest BCUT2D eigenvalue weighted by atomic mass is 10.1. The van der Waals surface area contributed by atoms with Crippen LogP contribution < -0.4 is 15.2 Å². The van der Waals surface area contributed by atoms with Gasteiger partial charge in [0.05, 0.1) is 19.1 Å². The maximum Gasteiger partial charge on any atom is 0.335 e. The zero-order valence-electron chi connectivity index (χ0n) is 13.2. The van der Waals surface area contributed by atoms with E-state index in [1.54, 1.807) is 12.1 Å². The fraction of sp³-hybridized carbons (Fsp3) is 0.125. The molecular formula is C16H16N2O6S. The summed E-state index contributed by atoms with van der Waals surface area (Å²) in [5, 5.41) is 9.04. The number of benzene rings is 2. The number of hydrogen-bond donors (Lipinski definition) is 3. The predicted octanol–water partition coefficient (Wildman–Crippen LogP) is 1.22. The standard InChI is InChI=1S/C16H16N2O6S/c1-24-13-7-4-11(16(20)21)9-14(13)25(22,23)18-12-5-2-10(3-6-12)8-15(17)19/h2-7,9,18H,8H2,1H3,(H2,17,19)(H,20,21). The minimum absolute atomic E-state index is 0.0165. The van der Waals surface area contributed by atoms with Gasteiger partial charge in [0, 0.05) is 5.69 Å². The van der Waals surface area contributed by atoms with E-state index in [-0.39, 0.29) is 28.3 Å². The average molecular weight is 364 g/mol. The summed E-state index contributed by atoms with van der Waals surface area (Å²) in [6, 6.07) is 9.62. The van der Waals surface area contributed by atoms with Crippen molar-refractivity contribution in [2.45, 2.75) is 11.3 Å². The van der Waals surface area contributed by atoms with Crippen LogP contribution in [0.2, 0.25) is 0 Å². The number of carboxylic acid groups (broad SMARTS) is 1. The summed E-state index contributed by atoms with van der Waals surface area (Å²) in [7, 11) is -2.79. The molecule has 0 aliphatic carbocycles. The molecule has 25 heavy (non-hydrogen) atoms. The van der Waals surface area contributed by atoms with Gasteiger partial charge in [-0.1, -0.05) is 12.1 Å². The van der Waals surface area contributed by atoms with Crippen molar-refractivity contribution in [3.8, 4) is 5.75 Å². The maximum absolute atomic E-state index is 12.6. The van der Waals surface area contributed by atoms with Crippen molar-refractivity contribution in [1.29, 1.82) is 0 Å². The summed E-state index contributed by atoms with van der Waals surface area (Å²) >= 11 is 0. The van der Waals surface area contributed by atoms with E-state index in [9.17, 15) is 18.0 Å². The van der Waals surface area contributed by atoms with Crippen LogP contribution in [0.1, 0.15) is 15.9 Å². The second-order valence-electron chi connectivity index (χ2n) is 5.12. The molecule has 2 rings (SSSR count). The molecule has 0 radical (unpaired) electrons. The first-order chi connectivity index (χ1) is 11.7. The van der Waals surface area contributed by atoms with Gasteiger partial charge in [-0.2, -0.15) is 0 Å². The minimum atomic E-state index is -4.08. The van der Waals surface area contributed by atoms with Gasteiger partial charge in [0.2, 0.25) is 5.91 Å². The van der Waals surface area contributed by atoms with Gasteiger partial charge in [-0.3, -0.25) is 9.52 Å². The largest absolute Gasteiger partial charge is 0.495 e. The molecule has 0 saturated carbocycles. The molecule has 0 aromatic heterocycles. The molecule has 0 bridgehead atoms. The van der Waals surface area contributed by atoms with Crippen LogP contribution in [0.15, 0.2) is 47.4 Å². The zero-order chi connectivity index (χ0) is 18.6. The van der Waals surface area contributed by atoms with Gasteiger partial charge in [-0.05, 0) is 35.9 Å². The van der Waals surface area contributed by atoms with Crippen LogP contribution >= 0.6 is 0 Å². The fourth-order valence-corrected chi connectivity index (χ4v) is 3.38. The van der Waals surface area contributed by atoms with Crippen LogP contribution in [-0.4, -0.2) is 32.5 Å². The Morgan fingerprint density at radius 1 is 1.16 bits per heavy atom. The van der Waals surface area contributed by atoms with E-state index in [4.69, 9.17) is 15.6 Å². The number of aromatic carboxylic acids is 1. The van der Waals surface area contributed by atoms with Crippen molar-refractivity contribution >= 4 is 27.6 Å². The Labute approximate surface area is 144 Å². The first kappa shape index (κ1) is 18.3. The second-order valence-corrected chi connectivity index (χ2v) is 6.77. The molecular weight excluding hydrogens is 348 g/mol. The monoisotopic (exact) mass is 364 g/mol. The number of carboxylic acids is 1. The summed E-state index contributed by atoms with van der Waals surface area (Å²) in [5.41, 5.74) is 5.80. The summed E-state index contributed by atoms with van der Waals surface area (Å²) in [6.07, 6.45) is 0.0432. The molecule has 0 fully saturated rings. The molecule has 0 unspecified atom stereocenters. The molecule has 0 atom stereocenters. The van der Waals surface area contributed by atoms with Crippen LogP contribution in [0.3, 0.4) is 0 Å². The Balaban J connectivity index is 2.34. The summed E-state index contributed by atoms with van der Waals surface area (Å²) in [6.45, 7) is 0. The van der Waals surface area contributed by atoms with Crippen molar-refractivity contribution in [3.63, 3.8) is 0 Å². The SMILES string of the molecule is COc1ccc(C(=O)O)cc1S(=O)(=O)Nc1ccc(CC(N)=O)cc1. The smallest absolute Gasteiger partial charge is 0.335 e. The van der Waals surface area contributed by atoms with Gasteiger partial charge in [-0.25, -0.2) is 13.2 Å². The van der Waals surface area contributed by atoms with Crippen LogP contribution in [0, 0.1) is 0 Å². The number of nitrogens with two attached hydrogens (primary N) is 1. The van der Waals surface area contributed by atoms with Gasteiger partial charge < -0.3 is 15.6 Å². The lowest BCUT2D eigenvalue weighted by molar-refractivity contribution is -0.117. The Morgan fingerprint density at radius 2 is 1.80 bits per heavy atom. The van der Waals surface area contributed by atoms with E-state index in [0.29, 0.717) is 5.56 Å². The molecule has 4 N–H and O–H groups in total. The van der Waals surface area contributed by atoms with Crippen LogP contribution in [0.4, 0.5) is 5.69 Å². The molecule has 2 aromatic rings. The van der Waals surface area contributed by atoms with Crippen molar-refractivity contribution in [2.75, 3.05) is 11.8 Å². The third-order valence-corrected chi connectivity index (χ3v) is 4.69. The summed E-state index contributed by atoms with van der Waals surface area (Å²) in [5.74, 6) is -1.73. The number of amides is 1. The lowest BCUT2D eigenvalue weighted by Crippen LogP contribution is -2.15. The lowest BCUT2D eigenvalue weighted by Gasteiger charge is -2.12. The first-order valence-electron chi connectivity index (χ1n) is 7.04. The van der Waals surface area contributed by atoms with Crippen molar-refractivity contribution in [3.05, 3.63) is 53.6 Å². The molecule has 0 heterocycles. The highest BCUT2D eigenvalue weighted by Gasteiger charge is 2.21. The van der Waals surface area contributed by atoms with E-state index in [2.05, 4.69) is 4.72 Å². The number of nitrogens with one attached hydrogen (secondary N) is 1. The summed E-state index contributed by atoms with van der Waals surface area (Å²) in [4.78, 5) is 21.6. The molecule has 1 amide bonds. The number of carbonyl (C=O) groups is 2. The molecule has 0 saturated heterocycles. The number of primary amides is 1. The first-order valence-corrected chi connectivity index (χ1v) is 8.52. The normalized spacial score (nSPS) is 10.9. The van der Waals surface area contributed by atoms with Crippen molar-refractivity contribution in [1.82, 2.24) is 0 Å². The maximum atomic E-state index is 12.6. The van der Waals surface area contributed by atoms with Gasteiger partial charge in [0.25, 0.3) is 10.0 Å². The van der Waals surface area contributed by atoms with E-state index in [0.717, 1.165) is 6.07 Å². The molecule has 9 heteroatoms. The third-order valence-electron chi connectivity index (χ3n) is 3.28. The Bertz CT molecular complexity index is 907. The third kappa shape index (κ3) is 4.48. The second kappa shape index (κ2) is 7.22. The highest BCUT2D eigenvalue weighted by atomic mass is 32.2. The Hall–Kier alpha value is -3.07. The van der Waals surface area contributed by atoms with E-state index in [1.165, 1.54) is 31.4 Å². The van der Waals surface area contributed by atoms with Crippen LogP contribution in [0.25, 0.3) is 0 Å². The number of hydrogen-bond acceptors (Lipinski definition) is 5. The molecule has 0 aliphatic rings. The van der Waals surface area contributed by atoms with E-state index < -0.39 is 21.9 Å². The number of carbonyl (C=O) groups excluding carboxylic acids is 1. The zero-order valence-corrected chi connectivity index (χ0v) is 14.0. The number of methoxy groups -OCH3 is 1. The summed E-state index contributed by atoms with van der Waals surface area (Å²) < 4.78 is 32.5. The van der Waals surface area contributed by atoms with E-state index >= 15 is 0 Å². The molecule has 132 valence electrons. The number of sulfonamides is 1. The van der Waals surface area contributed by atoms with Gasteiger partial charge in [0.15, 0.2) is 0 Å². The predicted molar refractivity (Wildman–Crippen MR) is 90.1 cm³/mol. The highest BCUT2D eigenvalue weighted by Crippen LogP contribution is 2.27. The Kier molecular flexibility index (Phi) is 5.28. The quantitative estimate of drug-likeness (QED) is 0.676. The molecule has 8 nitrogen and oxygen atoms in total. The molecule has 0 aliphatic heterocycles. The van der Waals surface area contributed by atoms with Gasteiger partial charge in [-0.15, -0.1) is 0 Å². The molecule has 2 aromatic carbocycles. The van der Waals surface area contributed by atoms with Crippen molar-refractivity contribution in [2.24, 2.45) is 5.73 Å². The Morgan fingerprint density at radius 3 is 2.32 bits per heavy atom. The number of rotatable bonds is 7. The van der Waals surface area contributed by atoms with E-state index in [1.807, 2.05) is 0 Å². The fourth-order valence-electron chi connectivity index (χ4n) is 2.12.